The number of sulfone groups is 1. The molecule has 0 aromatic rings. The first-order valence-electron chi connectivity index (χ1n) is 6.25. The molecule has 10 heteroatoms. The average molecular weight is 327 g/mol. The van der Waals surface area contributed by atoms with Gasteiger partial charge in [-0.15, -0.1) is 0 Å². The van der Waals surface area contributed by atoms with Crippen molar-refractivity contribution in [2.45, 2.75) is 36.7 Å². The van der Waals surface area contributed by atoms with E-state index >= 15 is 0 Å². The molecule has 2 aliphatic rings. The summed E-state index contributed by atoms with van der Waals surface area (Å²) < 4.78 is 48.3. The summed E-state index contributed by atoms with van der Waals surface area (Å²) in [5.41, 5.74) is 0. The van der Waals surface area contributed by atoms with E-state index < -0.39 is 43.2 Å². The van der Waals surface area contributed by atoms with Crippen LogP contribution in [0.15, 0.2) is 0 Å². The predicted octanol–water partition coefficient (Wildman–Crippen LogP) is -1.59. The number of carboxylic acids is 1. The normalized spacial score (nSPS) is 32.2. The van der Waals surface area contributed by atoms with Crippen molar-refractivity contribution in [3.63, 3.8) is 0 Å². The second-order valence-corrected chi connectivity index (χ2v) is 9.68. The highest BCUT2D eigenvalue weighted by Gasteiger charge is 2.46. The largest absolute Gasteiger partial charge is 0.480 e. The highest BCUT2D eigenvalue weighted by Crippen LogP contribution is 2.29. The molecular formula is C10H17NO7S2. The van der Waals surface area contributed by atoms with Crippen LogP contribution >= 0.6 is 0 Å². The number of carboxylic acid groups (broad SMARTS) is 1. The van der Waals surface area contributed by atoms with Gasteiger partial charge in [0.15, 0.2) is 0 Å². The second-order valence-electron chi connectivity index (χ2n) is 5.21. The second kappa shape index (κ2) is 5.24. The average Bonchev–Trinajstić information content (AvgIpc) is 2.71. The summed E-state index contributed by atoms with van der Waals surface area (Å²) in [7, 11) is -7.10. The zero-order valence-corrected chi connectivity index (χ0v) is 12.3. The van der Waals surface area contributed by atoms with E-state index in [1.54, 1.807) is 0 Å². The molecule has 0 aromatic heterocycles. The maximum atomic E-state index is 12.4. The number of β-amino-alcohol motifs (C(OH)–C–C–N with tert-alkyl or cyclic N) is 1. The summed E-state index contributed by atoms with van der Waals surface area (Å²) in [5.74, 6) is -1.70. The SMILES string of the molecule is O=C(O)[C@@H]1C[C@@H](O)CN1S(=O)(=O)C1CCS(=O)(=O)CC1. The van der Waals surface area contributed by atoms with E-state index in [0.29, 0.717) is 0 Å². The first-order chi connectivity index (χ1) is 9.13. The number of aliphatic hydroxyl groups excluding tert-OH is 1. The smallest absolute Gasteiger partial charge is 0.322 e. The Morgan fingerprint density at radius 3 is 2.25 bits per heavy atom. The number of hydrogen-bond acceptors (Lipinski definition) is 6. The van der Waals surface area contributed by atoms with Gasteiger partial charge in [0.2, 0.25) is 10.0 Å². The lowest BCUT2D eigenvalue weighted by molar-refractivity contribution is -0.140. The topological polar surface area (TPSA) is 129 Å². The van der Waals surface area contributed by atoms with Gasteiger partial charge in [-0.1, -0.05) is 0 Å². The molecule has 2 rings (SSSR count). The standard InChI is InChI=1S/C10H17NO7S2/c12-7-5-9(10(13)14)11(6-7)20(17,18)8-1-3-19(15,16)4-2-8/h7-9,12H,1-6H2,(H,13,14)/t7-,9+/m1/s1. The van der Waals surface area contributed by atoms with E-state index in [2.05, 4.69) is 0 Å². The third-order valence-electron chi connectivity index (χ3n) is 3.77. The van der Waals surface area contributed by atoms with Gasteiger partial charge in [-0.3, -0.25) is 4.79 Å². The number of hydrogen-bond donors (Lipinski definition) is 2. The minimum Gasteiger partial charge on any atom is -0.480 e. The minimum atomic E-state index is -3.91. The van der Waals surface area contributed by atoms with Gasteiger partial charge in [-0.2, -0.15) is 4.31 Å². The van der Waals surface area contributed by atoms with Gasteiger partial charge in [0, 0.05) is 13.0 Å². The van der Waals surface area contributed by atoms with Gasteiger partial charge in [-0.05, 0) is 12.8 Å². The van der Waals surface area contributed by atoms with Gasteiger partial charge >= 0.3 is 5.97 Å². The summed E-state index contributed by atoms with van der Waals surface area (Å²) in [6.45, 7) is -0.247. The number of rotatable bonds is 3. The Kier molecular flexibility index (Phi) is 4.11. The van der Waals surface area contributed by atoms with Crippen molar-refractivity contribution in [2.24, 2.45) is 0 Å². The molecule has 0 bridgehead atoms. The Balaban J connectivity index is 2.20. The minimum absolute atomic E-state index is 0.0242. The number of aliphatic carboxylic acids is 1. The van der Waals surface area contributed by atoms with Crippen LogP contribution in [0, 0.1) is 0 Å². The van der Waals surface area contributed by atoms with Gasteiger partial charge in [0.1, 0.15) is 15.9 Å². The first-order valence-corrected chi connectivity index (χ1v) is 9.58. The molecule has 0 saturated carbocycles. The molecule has 0 aliphatic carbocycles. The summed E-state index contributed by atoms with van der Waals surface area (Å²) >= 11 is 0. The maximum absolute atomic E-state index is 12.4. The van der Waals surface area contributed by atoms with E-state index in [-0.39, 0.29) is 37.3 Å². The van der Waals surface area contributed by atoms with Crippen molar-refractivity contribution in [1.82, 2.24) is 4.31 Å². The van der Waals surface area contributed by atoms with E-state index in [4.69, 9.17) is 5.11 Å². The Hall–Kier alpha value is -0.710. The molecule has 0 spiro atoms. The van der Waals surface area contributed by atoms with E-state index in [1.807, 2.05) is 0 Å². The van der Waals surface area contributed by atoms with Crippen LogP contribution < -0.4 is 0 Å². The van der Waals surface area contributed by atoms with Crippen LogP contribution in [-0.4, -0.2) is 72.8 Å². The Bertz CT molecular complexity index is 583. The van der Waals surface area contributed by atoms with Crippen LogP contribution in [-0.2, 0) is 24.7 Å². The molecule has 2 aliphatic heterocycles. The lowest BCUT2D eigenvalue weighted by Crippen LogP contribution is -2.47. The number of nitrogens with zero attached hydrogens (tertiary/aromatic N) is 1. The van der Waals surface area contributed by atoms with E-state index in [0.717, 1.165) is 4.31 Å². The molecule has 116 valence electrons. The van der Waals surface area contributed by atoms with Crippen molar-refractivity contribution < 1.29 is 31.8 Å². The molecule has 0 radical (unpaired) electrons. The summed E-state index contributed by atoms with van der Waals surface area (Å²) in [6.07, 6.45) is -1.19. The Morgan fingerprint density at radius 2 is 1.75 bits per heavy atom. The fraction of sp³-hybridized carbons (Fsp3) is 0.900. The van der Waals surface area contributed by atoms with Crippen LogP contribution in [0.2, 0.25) is 0 Å². The van der Waals surface area contributed by atoms with Crippen molar-refractivity contribution >= 4 is 25.8 Å². The fourth-order valence-electron chi connectivity index (χ4n) is 2.65. The zero-order chi connectivity index (χ0) is 15.1. The number of sulfonamides is 1. The van der Waals surface area contributed by atoms with Gasteiger partial charge < -0.3 is 10.2 Å². The van der Waals surface area contributed by atoms with E-state index in [1.165, 1.54) is 0 Å². The van der Waals surface area contributed by atoms with Crippen LogP contribution in [0.4, 0.5) is 0 Å². The van der Waals surface area contributed by atoms with Crippen LogP contribution in [0.3, 0.4) is 0 Å². The molecule has 2 N–H and O–H groups in total. The monoisotopic (exact) mass is 327 g/mol. The lowest BCUT2D eigenvalue weighted by atomic mass is 10.2. The summed E-state index contributed by atoms with van der Waals surface area (Å²) in [6, 6.07) is -1.27. The van der Waals surface area contributed by atoms with Gasteiger partial charge in [0.05, 0.1) is 22.9 Å². The summed E-state index contributed by atoms with van der Waals surface area (Å²) in [5, 5.41) is 17.6. The highest BCUT2D eigenvalue weighted by molar-refractivity contribution is 7.92. The molecule has 0 aromatic carbocycles. The van der Waals surface area contributed by atoms with Crippen molar-refractivity contribution in [2.75, 3.05) is 18.1 Å². The van der Waals surface area contributed by atoms with Crippen LogP contribution in [0.5, 0.6) is 0 Å². The fourth-order valence-corrected chi connectivity index (χ4v) is 6.56. The number of carbonyl (C=O) groups is 1. The molecular weight excluding hydrogens is 310 g/mol. The van der Waals surface area contributed by atoms with Gasteiger partial charge in [0.25, 0.3) is 0 Å². The molecule has 2 fully saturated rings. The Morgan fingerprint density at radius 1 is 1.20 bits per heavy atom. The lowest BCUT2D eigenvalue weighted by Gasteiger charge is -2.28. The molecule has 0 amide bonds. The molecule has 2 heterocycles. The quantitative estimate of drug-likeness (QED) is 0.639. The Labute approximate surface area is 117 Å². The van der Waals surface area contributed by atoms with Crippen molar-refractivity contribution in [3.8, 4) is 0 Å². The molecule has 20 heavy (non-hydrogen) atoms. The van der Waals surface area contributed by atoms with Crippen molar-refractivity contribution in [1.29, 1.82) is 0 Å². The molecule has 2 saturated heterocycles. The third kappa shape index (κ3) is 2.97. The summed E-state index contributed by atoms with van der Waals surface area (Å²) in [4.78, 5) is 11.1. The first kappa shape index (κ1) is 15.7. The maximum Gasteiger partial charge on any atom is 0.322 e. The molecule has 0 unspecified atom stereocenters. The van der Waals surface area contributed by atoms with Crippen LogP contribution in [0.25, 0.3) is 0 Å². The van der Waals surface area contributed by atoms with Crippen LogP contribution in [0.1, 0.15) is 19.3 Å². The molecule has 2 atom stereocenters. The zero-order valence-electron chi connectivity index (χ0n) is 10.7. The van der Waals surface area contributed by atoms with Gasteiger partial charge in [-0.25, -0.2) is 16.8 Å². The van der Waals surface area contributed by atoms with E-state index in [9.17, 15) is 26.7 Å². The highest BCUT2D eigenvalue weighted by atomic mass is 32.2. The predicted molar refractivity (Wildman–Crippen MR) is 69.3 cm³/mol. The van der Waals surface area contributed by atoms with Crippen molar-refractivity contribution in [3.05, 3.63) is 0 Å². The number of aliphatic hydroxyl groups is 1. The third-order valence-corrected chi connectivity index (χ3v) is 7.86. The molecule has 8 nitrogen and oxygen atoms in total.